The third-order valence-electron chi connectivity index (χ3n) is 6.39. The Labute approximate surface area is 262 Å². The van der Waals surface area contributed by atoms with Crippen LogP contribution >= 0.6 is 23.5 Å². The van der Waals surface area contributed by atoms with Crippen LogP contribution in [0, 0.1) is 15.5 Å². The Hall–Kier alpha value is -2.54. The molecule has 20 nitrogen and oxygen atoms in total. The molecule has 258 valence electrons. The van der Waals surface area contributed by atoms with Gasteiger partial charge >= 0.3 is 23.5 Å². The maximum absolute atomic E-state index is 12.8. The summed E-state index contributed by atoms with van der Waals surface area (Å²) in [6.07, 6.45) is -3.46. The number of aliphatic hydroxyl groups excluding tert-OH is 1. The van der Waals surface area contributed by atoms with Crippen LogP contribution in [0.3, 0.4) is 0 Å². The van der Waals surface area contributed by atoms with Crippen molar-refractivity contribution in [2.75, 3.05) is 20.3 Å². The van der Waals surface area contributed by atoms with Crippen molar-refractivity contribution < 1.29 is 75.4 Å². The summed E-state index contributed by atoms with van der Waals surface area (Å²) < 4.78 is 63.2. The average Bonchev–Trinajstić information content (AvgIpc) is 3.25. The van der Waals surface area contributed by atoms with Gasteiger partial charge in [0.2, 0.25) is 0 Å². The minimum Gasteiger partial charge on any atom is -0.497 e. The third-order valence-corrected chi connectivity index (χ3v) is 10.2. The second kappa shape index (κ2) is 14.3. The van der Waals surface area contributed by atoms with Gasteiger partial charge in [0, 0.05) is 18.7 Å². The van der Waals surface area contributed by atoms with Crippen LogP contribution in [0.2, 0.25) is 0 Å². The van der Waals surface area contributed by atoms with E-state index in [1.165, 1.54) is 36.4 Å². The number of phosphoric ester groups is 1. The number of methoxy groups -OCH3 is 1. The third kappa shape index (κ3) is 10.2. The Morgan fingerprint density at radius 1 is 1.17 bits per heavy atom. The molecule has 3 unspecified atom stereocenters. The number of hydrogen-bond donors (Lipinski definition) is 6. The molecule has 46 heavy (non-hydrogen) atoms. The Kier molecular flexibility index (Phi) is 11.8. The largest absolute Gasteiger partial charge is 0.497 e. The van der Waals surface area contributed by atoms with Crippen LogP contribution < -0.4 is 10.1 Å². The molecule has 0 spiro atoms. The molecule has 23 heteroatoms. The number of amides is 1. The number of rotatable bonds is 14. The summed E-state index contributed by atoms with van der Waals surface area (Å²) in [5.74, 6) is -0.220. The highest BCUT2D eigenvalue weighted by molar-refractivity contribution is 7.66. The van der Waals surface area contributed by atoms with Crippen molar-refractivity contribution in [2.24, 2.45) is 5.41 Å². The van der Waals surface area contributed by atoms with Gasteiger partial charge in [-0.2, -0.15) is 8.62 Å². The Morgan fingerprint density at radius 3 is 2.39 bits per heavy atom. The molecule has 0 aromatic heterocycles. The Bertz CT molecular complexity index is 1520. The number of nitrogens with one attached hydrogen (secondary N) is 1. The van der Waals surface area contributed by atoms with Crippen LogP contribution in [0.1, 0.15) is 38.9 Å². The van der Waals surface area contributed by atoms with Crippen LogP contribution in [-0.4, -0.2) is 79.2 Å². The van der Waals surface area contributed by atoms with Crippen molar-refractivity contribution in [3.05, 3.63) is 58.0 Å². The predicted molar refractivity (Wildman–Crippen MR) is 154 cm³/mol. The van der Waals surface area contributed by atoms with Gasteiger partial charge in [0.15, 0.2) is 0 Å². The summed E-state index contributed by atoms with van der Waals surface area (Å²) in [5.41, 5.74) is -0.647. The van der Waals surface area contributed by atoms with Gasteiger partial charge in [0.05, 0.1) is 48.6 Å². The number of aliphatic hydroxyl groups is 1. The second-order valence-electron chi connectivity index (χ2n) is 11.0. The topological polar surface area (TPSA) is 283 Å². The molecule has 1 aromatic rings. The minimum atomic E-state index is -5.75. The number of carbonyl (C=O) groups excluding carboxylic acids is 1. The number of phosphoric acid groups is 3. The van der Waals surface area contributed by atoms with Crippen molar-refractivity contribution in [1.29, 1.82) is 0 Å². The fourth-order valence-electron chi connectivity index (χ4n) is 4.46. The quantitative estimate of drug-likeness (QED) is 0.0914. The zero-order valence-electron chi connectivity index (χ0n) is 24.8. The molecule has 2 aliphatic rings. The van der Waals surface area contributed by atoms with Gasteiger partial charge in [-0.3, -0.25) is 19.4 Å². The van der Waals surface area contributed by atoms with E-state index in [9.17, 15) is 43.5 Å². The molecule has 0 saturated carbocycles. The second-order valence-corrected chi connectivity index (χ2v) is 15.4. The Balaban J connectivity index is 1.74. The van der Waals surface area contributed by atoms with E-state index >= 15 is 0 Å². The van der Waals surface area contributed by atoms with E-state index in [4.69, 9.17) is 24.0 Å². The highest BCUT2D eigenvalue weighted by atomic mass is 31.3. The molecule has 0 bridgehead atoms. The van der Waals surface area contributed by atoms with Crippen molar-refractivity contribution in [3.63, 3.8) is 0 Å². The molecule has 2 heterocycles. The zero-order chi connectivity index (χ0) is 34.8. The first-order valence-electron chi connectivity index (χ1n) is 13.1. The first kappa shape index (κ1) is 37.9. The summed E-state index contributed by atoms with van der Waals surface area (Å²) in [7, 11) is -15.4. The zero-order valence-corrected chi connectivity index (χ0v) is 27.5. The summed E-state index contributed by atoms with van der Waals surface area (Å²) in [6.45, 7) is 7.89. The summed E-state index contributed by atoms with van der Waals surface area (Å²) in [5, 5.41) is 24.8. The molecule has 1 fully saturated rings. The maximum Gasteiger partial charge on any atom is 0.490 e. The molecule has 2 aliphatic heterocycles. The lowest BCUT2D eigenvalue weighted by molar-refractivity contribution is -0.386. The summed E-state index contributed by atoms with van der Waals surface area (Å²) in [4.78, 5) is 61.6. The SMILES string of the molecule is C=C1NC(=O)C(CO[C@H](c2cc(OC)ccc2[N+](=O)[O-])C(C)(C)C)=CN1[C@H]1CC(O)[C@@H](COP(=O)(O)OP(=O)(O)OP(=O)(O)O)O1. The number of carbonyl (C=O) groups is 1. The average molecular weight is 717 g/mol. The fraction of sp³-hybridized carbons (Fsp3) is 0.522. The molecule has 1 amide bonds. The number of nitro groups is 1. The van der Waals surface area contributed by atoms with Crippen LogP contribution in [0.15, 0.2) is 42.4 Å². The molecule has 0 aliphatic carbocycles. The molecule has 6 N–H and O–H groups in total. The number of nitro benzene ring substituents is 1. The van der Waals surface area contributed by atoms with Gasteiger partial charge in [0.25, 0.3) is 11.6 Å². The summed E-state index contributed by atoms with van der Waals surface area (Å²) in [6, 6.07) is 4.21. The number of benzene rings is 1. The van der Waals surface area contributed by atoms with Gasteiger partial charge in [-0.15, -0.1) is 0 Å². The fourth-order valence-corrected chi connectivity index (χ4v) is 7.49. The van der Waals surface area contributed by atoms with Crippen molar-refractivity contribution in [3.8, 4) is 5.75 Å². The smallest absolute Gasteiger partial charge is 0.490 e. The number of hydrogen-bond acceptors (Lipinski definition) is 14. The monoisotopic (exact) mass is 717 g/mol. The van der Waals surface area contributed by atoms with E-state index in [0.717, 1.165) is 0 Å². The molecule has 1 saturated heterocycles. The highest BCUT2D eigenvalue weighted by Gasteiger charge is 2.44. The van der Waals surface area contributed by atoms with Gasteiger partial charge in [-0.1, -0.05) is 27.4 Å². The molecule has 3 rings (SSSR count). The van der Waals surface area contributed by atoms with Crippen LogP contribution in [0.4, 0.5) is 5.69 Å². The van der Waals surface area contributed by atoms with Gasteiger partial charge in [-0.25, -0.2) is 13.7 Å². The van der Waals surface area contributed by atoms with Crippen LogP contribution in [0.25, 0.3) is 0 Å². The van der Waals surface area contributed by atoms with Gasteiger partial charge in [-0.05, 0) is 17.5 Å². The van der Waals surface area contributed by atoms with Crippen LogP contribution in [0.5, 0.6) is 5.75 Å². The lowest BCUT2D eigenvalue weighted by atomic mass is 9.83. The van der Waals surface area contributed by atoms with E-state index in [-0.39, 0.29) is 35.7 Å². The molecule has 6 atom stereocenters. The van der Waals surface area contributed by atoms with Crippen LogP contribution in [-0.2, 0) is 41.1 Å². The minimum absolute atomic E-state index is 0.0234. The van der Waals surface area contributed by atoms with E-state index < -0.39 is 70.9 Å². The number of nitrogens with zero attached hydrogens (tertiary/aromatic N) is 2. The first-order valence-corrected chi connectivity index (χ1v) is 17.6. The van der Waals surface area contributed by atoms with E-state index in [1.807, 2.05) is 0 Å². The Morgan fingerprint density at radius 2 is 1.83 bits per heavy atom. The van der Waals surface area contributed by atoms with E-state index in [1.54, 1.807) is 20.8 Å². The molecular formula is C23H34N3O17P3. The predicted octanol–water partition coefficient (Wildman–Crippen LogP) is 2.31. The molecular weight excluding hydrogens is 683 g/mol. The first-order chi connectivity index (χ1) is 21.0. The maximum atomic E-state index is 12.8. The summed E-state index contributed by atoms with van der Waals surface area (Å²) >= 11 is 0. The van der Waals surface area contributed by atoms with Crippen molar-refractivity contribution in [1.82, 2.24) is 10.2 Å². The van der Waals surface area contributed by atoms with Gasteiger partial charge < -0.3 is 49.1 Å². The van der Waals surface area contributed by atoms with E-state index in [2.05, 4.69) is 25.0 Å². The van der Waals surface area contributed by atoms with Crippen molar-refractivity contribution in [2.45, 2.75) is 51.7 Å². The standard InChI is InChI=1S/C23H34N3O17P3/c1-13-24-22(28)14(11-39-21(23(2,3)4)16-8-15(38-5)6-7-17(16)26(29)30)10-25(13)20-9-18(27)19(41-20)12-40-45(34,35)43-46(36,37)42-44(31,32)33/h6-8,10,18-21,27H,1,9,11-12H2,2-5H3,(H,24,28)(H,34,35)(H,36,37)(H2,31,32,33)/t18?,19-,20-,21-/m1/s1. The van der Waals surface area contributed by atoms with E-state index in [0.29, 0.717) is 5.75 Å². The highest BCUT2D eigenvalue weighted by Crippen LogP contribution is 2.66. The van der Waals surface area contributed by atoms with Crippen molar-refractivity contribution >= 4 is 35.1 Å². The molecule has 0 radical (unpaired) electrons. The lowest BCUT2D eigenvalue weighted by Gasteiger charge is -2.35. The van der Waals surface area contributed by atoms with Gasteiger partial charge in [0.1, 0.15) is 23.9 Å². The normalized spacial score (nSPS) is 24.1. The lowest BCUT2D eigenvalue weighted by Crippen LogP contribution is -2.44. The molecule has 1 aromatic carbocycles. The number of ether oxygens (including phenoxy) is 3.